The number of nitrogens with one attached hydrogen (secondary N) is 1. The van der Waals surface area contributed by atoms with Crippen molar-refractivity contribution in [3.63, 3.8) is 0 Å². The monoisotopic (exact) mass is 384 g/mol. The van der Waals surface area contributed by atoms with E-state index in [1.54, 1.807) is 24.3 Å². The van der Waals surface area contributed by atoms with E-state index in [1.807, 2.05) is 36.4 Å². The van der Waals surface area contributed by atoms with Gasteiger partial charge in [-0.3, -0.25) is 9.59 Å². The summed E-state index contributed by atoms with van der Waals surface area (Å²) >= 11 is 0. The first-order chi connectivity index (χ1) is 13.4. The molecule has 0 aliphatic rings. The Morgan fingerprint density at radius 2 is 1.46 bits per heavy atom. The van der Waals surface area contributed by atoms with Gasteiger partial charge in [-0.25, -0.2) is 4.79 Å². The molecule has 0 fully saturated rings. The van der Waals surface area contributed by atoms with Gasteiger partial charge in [-0.05, 0) is 17.5 Å². The van der Waals surface area contributed by atoms with Crippen LogP contribution in [-0.2, 0) is 32.0 Å². The topological polar surface area (TPSA) is 119 Å². The van der Waals surface area contributed by atoms with Gasteiger partial charge in [0, 0.05) is 6.42 Å². The standard InChI is InChI=1S/C21H24N2O5/c1-28-21(27)17(13-15-10-6-3-7-11-15)23-19(24)18(22)16(20(25)26)12-14-8-4-2-5-9-14/h2-11,16-18H,12-13,22H2,1H3,(H,23,24)(H,25,26)/t16?,17-,18-/m0/s1. The maximum Gasteiger partial charge on any atom is 0.328 e. The molecule has 2 aromatic carbocycles. The van der Waals surface area contributed by atoms with Crippen molar-refractivity contribution in [2.75, 3.05) is 7.11 Å². The van der Waals surface area contributed by atoms with Crippen molar-refractivity contribution in [3.8, 4) is 0 Å². The number of amides is 1. The highest BCUT2D eigenvalue weighted by atomic mass is 16.5. The maximum absolute atomic E-state index is 12.6. The normalized spacial score (nSPS) is 13.8. The first-order valence-corrected chi connectivity index (χ1v) is 8.86. The van der Waals surface area contributed by atoms with Crippen LogP contribution in [0.2, 0.25) is 0 Å². The molecule has 2 rings (SSSR count). The van der Waals surface area contributed by atoms with Crippen LogP contribution in [0, 0.1) is 5.92 Å². The molecule has 0 saturated carbocycles. The molecule has 28 heavy (non-hydrogen) atoms. The zero-order valence-electron chi connectivity index (χ0n) is 15.6. The van der Waals surface area contributed by atoms with E-state index in [0.717, 1.165) is 11.1 Å². The molecule has 0 radical (unpaired) electrons. The van der Waals surface area contributed by atoms with Crippen LogP contribution in [0.5, 0.6) is 0 Å². The van der Waals surface area contributed by atoms with Crippen LogP contribution in [0.25, 0.3) is 0 Å². The number of methoxy groups -OCH3 is 1. The van der Waals surface area contributed by atoms with Gasteiger partial charge in [0.25, 0.3) is 0 Å². The first kappa shape index (κ1) is 21.1. The Morgan fingerprint density at radius 1 is 0.964 bits per heavy atom. The molecule has 0 aromatic heterocycles. The van der Waals surface area contributed by atoms with Crippen LogP contribution in [0.15, 0.2) is 60.7 Å². The fraction of sp³-hybridized carbons (Fsp3) is 0.286. The van der Waals surface area contributed by atoms with Crippen molar-refractivity contribution in [2.24, 2.45) is 11.7 Å². The lowest BCUT2D eigenvalue weighted by molar-refractivity contribution is -0.147. The Morgan fingerprint density at radius 3 is 1.93 bits per heavy atom. The second kappa shape index (κ2) is 10.2. The third-order valence-electron chi connectivity index (χ3n) is 4.44. The SMILES string of the molecule is COC(=O)[C@H](Cc1ccccc1)NC(=O)[C@@H](N)C(Cc1ccccc1)C(=O)O. The number of hydrogen-bond donors (Lipinski definition) is 3. The average molecular weight is 384 g/mol. The molecular formula is C21H24N2O5. The fourth-order valence-corrected chi connectivity index (χ4v) is 2.87. The quantitative estimate of drug-likeness (QED) is 0.558. The summed E-state index contributed by atoms with van der Waals surface area (Å²) in [6.45, 7) is 0. The lowest BCUT2D eigenvalue weighted by Gasteiger charge is -2.23. The summed E-state index contributed by atoms with van der Waals surface area (Å²) in [7, 11) is 1.22. The van der Waals surface area contributed by atoms with Gasteiger partial charge in [0.15, 0.2) is 0 Å². The summed E-state index contributed by atoms with van der Waals surface area (Å²) in [4.78, 5) is 36.3. The molecule has 148 valence electrons. The van der Waals surface area contributed by atoms with E-state index in [0.29, 0.717) is 0 Å². The second-order valence-electron chi connectivity index (χ2n) is 6.43. The van der Waals surface area contributed by atoms with E-state index in [1.165, 1.54) is 7.11 Å². The molecule has 2 aromatic rings. The number of carboxylic acid groups (broad SMARTS) is 1. The van der Waals surface area contributed by atoms with Gasteiger partial charge >= 0.3 is 11.9 Å². The van der Waals surface area contributed by atoms with Gasteiger partial charge in [-0.1, -0.05) is 60.7 Å². The Kier molecular flexibility index (Phi) is 7.71. The zero-order valence-corrected chi connectivity index (χ0v) is 15.6. The molecule has 1 amide bonds. The van der Waals surface area contributed by atoms with Crippen molar-refractivity contribution < 1.29 is 24.2 Å². The molecule has 0 bridgehead atoms. The molecule has 4 N–H and O–H groups in total. The highest BCUT2D eigenvalue weighted by Crippen LogP contribution is 2.13. The number of hydrogen-bond acceptors (Lipinski definition) is 5. The summed E-state index contributed by atoms with van der Waals surface area (Å²) in [5.41, 5.74) is 7.53. The summed E-state index contributed by atoms with van der Waals surface area (Å²) in [5, 5.41) is 12.1. The number of ether oxygens (including phenoxy) is 1. The molecule has 0 saturated heterocycles. The second-order valence-corrected chi connectivity index (χ2v) is 6.43. The van der Waals surface area contributed by atoms with E-state index in [2.05, 4.69) is 5.32 Å². The highest BCUT2D eigenvalue weighted by molar-refractivity contribution is 5.91. The van der Waals surface area contributed by atoms with E-state index in [9.17, 15) is 19.5 Å². The lowest BCUT2D eigenvalue weighted by atomic mass is 9.91. The van der Waals surface area contributed by atoms with Crippen molar-refractivity contribution in [2.45, 2.75) is 24.9 Å². The largest absolute Gasteiger partial charge is 0.481 e. The van der Waals surface area contributed by atoms with Gasteiger partial charge in [-0.15, -0.1) is 0 Å². The predicted molar refractivity (Wildman–Crippen MR) is 103 cm³/mol. The van der Waals surface area contributed by atoms with Gasteiger partial charge in [0.2, 0.25) is 5.91 Å². The molecule has 0 aliphatic carbocycles. The molecule has 7 nitrogen and oxygen atoms in total. The number of carboxylic acids is 1. The predicted octanol–water partition coefficient (Wildman–Crippen LogP) is 1.16. The van der Waals surface area contributed by atoms with Gasteiger partial charge in [0.05, 0.1) is 19.1 Å². The van der Waals surface area contributed by atoms with Crippen LogP contribution < -0.4 is 11.1 Å². The Labute approximate surface area is 163 Å². The third-order valence-corrected chi connectivity index (χ3v) is 4.44. The molecule has 0 heterocycles. The van der Waals surface area contributed by atoms with Crippen LogP contribution in [-0.4, -0.2) is 42.1 Å². The van der Waals surface area contributed by atoms with Crippen molar-refractivity contribution in [3.05, 3.63) is 71.8 Å². The molecule has 3 atom stereocenters. The smallest absolute Gasteiger partial charge is 0.328 e. The summed E-state index contributed by atoms with van der Waals surface area (Å²) in [6, 6.07) is 15.8. The number of carbonyl (C=O) groups is 3. The van der Waals surface area contributed by atoms with Crippen LogP contribution in [0.4, 0.5) is 0 Å². The van der Waals surface area contributed by atoms with Crippen molar-refractivity contribution in [1.29, 1.82) is 0 Å². The van der Waals surface area contributed by atoms with Crippen LogP contribution >= 0.6 is 0 Å². The minimum Gasteiger partial charge on any atom is -0.481 e. The average Bonchev–Trinajstić information content (AvgIpc) is 2.71. The Bertz CT molecular complexity index is 795. The van der Waals surface area contributed by atoms with Crippen molar-refractivity contribution in [1.82, 2.24) is 5.32 Å². The number of benzene rings is 2. The lowest BCUT2D eigenvalue weighted by Crippen LogP contribution is -2.53. The summed E-state index contributed by atoms with van der Waals surface area (Å²) < 4.78 is 4.76. The van der Waals surface area contributed by atoms with Crippen LogP contribution in [0.1, 0.15) is 11.1 Å². The van der Waals surface area contributed by atoms with Gasteiger partial charge < -0.3 is 20.9 Å². The summed E-state index contributed by atoms with van der Waals surface area (Å²) in [5.74, 6) is -3.64. The van der Waals surface area contributed by atoms with Gasteiger partial charge in [0.1, 0.15) is 6.04 Å². The summed E-state index contributed by atoms with van der Waals surface area (Å²) in [6.07, 6.45) is 0.314. The molecule has 1 unspecified atom stereocenters. The van der Waals surface area contributed by atoms with Gasteiger partial charge in [-0.2, -0.15) is 0 Å². The van der Waals surface area contributed by atoms with Crippen molar-refractivity contribution >= 4 is 17.8 Å². The number of aliphatic carboxylic acids is 1. The number of nitrogens with two attached hydrogens (primary N) is 1. The molecule has 0 aliphatic heterocycles. The first-order valence-electron chi connectivity index (χ1n) is 8.86. The number of carbonyl (C=O) groups excluding carboxylic acids is 2. The highest BCUT2D eigenvalue weighted by Gasteiger charge is 2.33. The Balaban J connectivity index is 2.11. The van der Waals surface area contributed by atoms with E-state index in [-0.39, 0.29) is 12.8 Å². The minimum atomic E-state index is -1.32. The molecule has 7 heteroatoms. The fourth-order valence-electron chi connectivity index (χ4n) is 2.87. The zero-order chi connectivity index (χ0) is 20.5. The molecule has 0 spiro atoms. The number of esters is 1. The third kappa shape index (κ3) is 5.92. The maximum atomic E-state index is 12.6. The van der Waals surface area contributed by atoms with E-state index >= 15 is 0 Å². The minimum absolute atomic E-state index is 0.104. The number of rotatable bonds is 9. The molecular weight excluding hydrogens is 360 g/mol. The Hall–Kier alpha value is -3.19. The van der Waals surface area contributed by atoms with E-state index in [4.69, 9.17) is 10.5 Å². The van der Waals surface area contributed by atoms with E-state index < -0.39 is 35.8 Å². The van der Waals surface area contributed by atoms with Crippen LogP contribution in [0.3, 0.4) is 0 Å².